The molecule has 1 fully saturated rings. The van der Waals surface area contributed by atoms with Gasteiger partial charge in [-0.3, -0.25) is 14.6 Å². The molecule has 3 aromatic rings. The van der Waals surface area contributed by atoms with Crippen molar-refractivity contribution in [3.8, 4) is 0 Å². The molecule has 2 aliphatic heterocycles. The van der Waals surface area contributed by atoms with Crippen molar-refractivity contribution in [3.63, 3.8) is 0 Å². The number of carbonyl (C=O) groups excluding carboxylic acids is 1. The number of aliphatic imine (C=N–C) groups is 1. The summed E-state index contributed by atoms with van der Waals surface area (Å²) < 4.78 is 13.6. The highest BCUT2D eigenvalue weighted by Gasteiger charge is 2.35. The lowest BCUT2D eigenvalue weighted by atomic mass is 10.1. The first-order valence-corrected chi connectivity index (χ1v) is 10.9. The van der Waals surface area contributed by atoms with Gasteiger partial charge in [-0.1, -0.05) is 41.9 Å². The molecule has 5 rings (SSSR count). The smallest absolute Gasteiger partial charge is 0.278 e. The Hall–Kier alpha value is -3.22. The number of hydrogen-bond acceptors (Lipinski definition) is 4. The Bertz CT molecular complexity index is 1190. The third kappa shape index (κ3) is 4.11. The summed E-state index contributed by atoms with van der Waals surface area (Å²) in [5.74, 6) is -0.534. The summed E-state index contributed by atoms with van der Waals surface area (Å²) in [4.78, 5) is 24.1. The molecule has 5 nitrogen and oxygen atoms in total. The number of carbonyl (C=O) groups is 1. The van der Waals surface area contributed by atoms with Crippen molar-refractivity contribution in [2.24, 2.45) is 4.99 Å². The Morgan fingerprint density at radius 1 is 0.906 bits per heavy atom. The maximum Gasteiger partial charge on any atom is 0.278 e. The van der Waals surface area contributed by atoms with Crippen molar-refractivity contribution in [1.82, 2.24) is 4.90 Å². The first kappa shape index (κ1) is 20.7. The summed E-state index contributed by atoms with van der Waals surface area (Å²) in [7, 11) is 0. The number of anilines is 2. The van der Waals surface area contributed by atoms with Crippen LogP contribution in [0.4, 0.5) is 21.5 Å². The zero-order valence-corrected chi connectivity index (χ0v) is 18.2. The van der Waals surface area contributed by atoms with Gasteiger partial charge in [0.25, 0.3) is 5.91 Å². The third-order valence-electron chi connectivity index (χ3n) is 5.83. The quantitative estimate of drug-likeness (QED) is 0.579. The summed E-state index contributed by atoms with van der Waals surface area (Å²) >= 11 is 6.14. The van der Waals surface area contributed by atoms with E-state index in [0.717, 1.165) is 48.1 Å². The van der Waals surface area contributed by atoms with Gasteiger partial charge in [0.2, 0.25) is 0 Å². The number of halogens is 2. The van der Waals surface area contributed by atoms with E-state index in [1.807, 2.05) is 42.5 Å². The highest BCUT2D eigenvalue weighted by molar-refractivity contribution is 6.54. The molecule has 2 aliphatic rings. The minimum Gasteiger partial charge on any atom is -0.369 e. The fraction of sp³-hybridized carbons (Fsp3) is 0.200. The molecule has 0 N–H and O–H groups in total. The van der Waals surface area contributed by atoms with Crippen molar-refractivity contribution in [2.45, 2.75) is 0 Å². The average molecular weight is 449 g/mol. The van der Waals surface area contributed by atoms with Crippen molar-refractivity contribution in [3.05, 3.63) is 89.2 Å². The summed E-state index contributed by atoms with van der Waals surface area (Å²) in [6.45, 7) is 3.85. The molecule has 32 heavy (non-hydrogen) atoms. The van der Waals surface area contributed by atoms with Crippen LogP contribution >= 0.6 is 11.6 Å². The SMILES string of the molecule is O=C1C(=Nc2cccc(F)c2)c2ccccc2N1CN1CCN(c2cccc(Cl)c2)CC1. The van der Waals surface area contributed by atoms with Gasteiger partial charge >= 0.3 is 0 Å². The van der Waals surface area contributed by atoms with Crippen LogP contribution in [0.25, 0.3) is 0 Å². The van der Waals surface area contributed by atoms with Gasteiger partial charge in [-0.2, -0.15) is 0 Å². The van der Waals surface area contributed by atoms with Crippen molar-refractivity contribution in [1.29, 1.82) is 0 Å². The summed E-state index contributed by atoms with van der Waals surface area (Å²) in [6.07, 6.45) is 0. The molecule has 0 saturated carbocycles. The minimum atomic E-state index is -0.375. The Kier molecular flexibility index (Phi) is 5.64. The predicted octanol–water partition coefficient (Wildman–Crippen LogP) is 4.73. The maximum absolute atomic E-state index is 13.6. The summed E-state index contributed by atoms with van der Waals surface area (Å²) in [5, 5.41) is 0.731. The van der Waals surface area contributed by atoms with E-state index in [0.29, 0.717) is 18.1 Å². The molecule has 1 amide bonds. The zero-order chi connectivity index (χ0) is 22.1. The van der Waals surface area contributed by atoms with Crippen LogP contribution in [0.5, 0.6) is 0 Å². The Labute approximate surface area is 191 Å². The summed E-state index contributed by atoms with van der Waals surface area (Å²) in [6, 6.07) is 21.5. The minimum absolute atomic E-state index is 0.160. The molecule has 0 atom stereocenters. The van der Waals surface area contributed by atoms with Gasteiger partial charge in [-0.25, -0.2) is 9.38 Å². The zero-order valence-electron chi connectivity index (χ0n) is 17.4. The Balaban J connectivity index is 1.33. The number of benzene rings is 3. The monoisotopic (exact) mass is 448 g/mol. The van der Waals surface area contributed by atoms with Gasteiger partial charge in [0.1, 0.15) is 11.5 Å². The largest absolute Gasteiger partial charge is 0.369 e. The fourth-order valence-corrected chi connectivity index (χ4v) is 4.39. The van der Waals surface area contributed by atoms with Crippen LogP contribution in [0.1, 0.15) is 5.56 Å². The molecular weight excluding hydrogens is 427 g/mol. The topological polar surface area (TPSA) is 39.2 Å². The van der Waals surface area contributed by atoms with E-state index in [9.17, 15) is 9.18 Å². The van der Waals surface area contributed by atoms with Crippen molar-refractivity contribution < 1.29 is 9.18 Å². The van der Waals surface area contributed by atoms with E-state index in [1.54, 1.807) is 17.0 Å². The van der Waals surface area contributed by atoms with E-state index in [4.69, 9.17) is 11.6 Å². The van der Waals surface area contributed by atoms with E-state index in [2.05, 4.69) is 20.9 Å². The molecule has 3 aromatic carbocycles. The lowest BCUT2D eigenvalue weighted by Gasteiger charge is -2.37. The van der Waals surface area contributed by atoms with Crippen LogP contribution in [0.2, 0.25) is 5.02 Å². The Morgan fingerprint density at radius 3 is 2.47 bits per heavy atom. The molecule has 0 unspecified atom stereocenters. The molecule has 162 valence electrons. The number of amides is 1. The van der Waals surface area contributed by atoms with Gasteiger partial charge in [0.05, 0.1) is 18.0 Å². The second-order valence-electron chi connectivity index (χ2n) is 7.92. The van der Waals surface area contributed by atoms with Crippen LogP contribution in [0.3, 0.4) is 0 Å². The standard InChI is InChI=1S/C25H22ClFN4O/c26-18-5-3-8-21(15-18)30-13-11-29(12-14-30)17-31-23-10-2-1-9-22(23)24(25(31)32)28-20-7-4-6-19(27)16-20/h1-10,15-16H,11-14,17H2. The van der Waals surface area contributed by atoms with Gasteiger partial charge in [0.15, 0.2) is 0 Å². The molecule has 0 bridgehead atoms. The number of nitrogens with zero attached hydrogens (tertiary/aromatic N) is 4. The lowest BCUT2D eigenvalue weighted by Crippen LogP contribution is -2.51. The van der Waals surface area contributed by atoms with Crippen molar-refractivity contribution in [2.75, 3.05) is 42.6 Å². The first-order valence-electron chi connectivity index (χ1n) is 10.6. The van der Waals surface area contributed by atoms with Crippen LogP contribution < -0.4 is 9.80 Å². The van der Waals surface area contributed by atoms with Crippen molar-refractivity contribution >= 4 is 40.3 Å². The molecule has 7 heteroatoms. The average Bonchev–Trinajstić information content (AvgIpc) is 3.06. The molecule has 0 radical (unpaired) electrons. The molecule has 0 spiro atoms. The van der Waals surface area contributed by atoms with E-state index >= 15 is 0 Å². The van der Waals surface area contributed by atoms with Gasteiger partial charge in [-0.05, 0) is 42.5 Å². The van der Waals surface area contributed by atoms with E-state index in [1.165, 1.54) is 12.1 Å². The highest BCUT2D eigenvalue weighted by Crippen LogP contribution is 2.31. The second kappa shape index (κ2) is 8.73. The highest BCUT2D eigenvalue weighted by atomic mass is 35.5. The van der Waals surface area contributed by atoms with E-state index < -0.39 is 0 Å². The lowest BCUT2D eigenvalue weighted by molar-refractivity contribution is -0.112. The number of fused-ring (bicyclic) bond motifs is 1. The van der Waals surface area contributed by atoms with Gasteiger partial charge < -0.3 is 4.90 Å². The number of piperazine rings is 1. The number of rotatable bonds is 4. The number of para-hydroxylation sites is 1. The van der Waals surface area contributed by atoms with Crippen LogP contribution in [0.15, 0.2) is 77.8 Å². The molecule has 1 saturated heterocycles. The summed E-state index contributed by atoms with van der Waals surface area (Å²) in [5.41, 5.74) is 3.51. The second-order valence-corrected chi connectivity index (χ2v) is 8.35. The van der Waals surface area contributed by atoms with Crippen LogP contribution in [-0.4, -0.2) is 49.4 Å². The maximum atomic E-state index is 13.6. The van der Waals surface area contributed by atoms with Crippen LogP contribution in [0, 0.1) is 5.82 Å². The normalized spacial score (nSPS) is 17.8. The van der Waals surface area contributed by atoms with E-state index in [-0.39, 0.29) is 11.7 Å². The molecule has 0 aliphatic carbocycles. The van der Waals surface area contributed by atoms with Gasteiger partial charge in [-0.15, -0.1) is 0 Å². The fourth-order valence-electron chi connectivity index (χ4n) is 4.21. The molecule has 0 aromatic heterocycles. The van der Waals surface area contributed by atoms with Gasteiger partial charge in [0, 0.05) is 42.5 Å². The third-order valence-corrected chi connectivity index (χ3v) is 6.07. The predicted molar refractivity (Wildman–Crippen MR) is 127 cm³/mol. The first-order chi connectivity index (χ1) is 15.6. The number of hydrogen-bond donors (Lipinski definition) is 0. The Morgan fingerprint density at radius 2 is 1.69 bits per heavy atom. The molecule has 2 heterocycles. The molecular formula is C25H22ClFN4O. The van der Waals surface area contributed by atoms with Crippen LogP contribution in [-0.2, 0) is 4.79 Å².